The van der Waals surface area contributed by atoms with Gasteiger partial charge in [0.25, 0.3) is 5.52 Å². The van der Waals surface area contributed by atoms with Crippen molar-refractivity contribution in [3.05, 3.63) is 0 Å². The Balaban J connectivity index is 4.47. The third kappa shape index (κ3) is 4.32. The van der Waals surface area contributed by atoms with Gasteiger partial charge in [-0.25, -0.2) is 0 Å². The smallest absolute Gasteiger partial charge is 0.392 e. The fraction of sp³-hybridized carbons (Fsp3) is 0.667. The fourth-order valence-corrected chi connectivity index (χ4v) is 2.12. The number of esters is 1. The average Bonchev–Trinajstić information content (AvgIpc) is 1.98. The maximum absolute atomic E-state index is 11.0. The first kappa shape index (κ1) is 13.8. The summed E-state index contributed by atoms with van der Waals surface area (Å²) in [5, 5.41) is 0. The summed E-state index contributed by atoms with van der Waals surface area (Å²) in [5.41, 5.74) is -1.30. The Labute approximate surface area is 88.9 Å². The van der Waals surface area contributed by atoms with E-state index < -0.39 is 30.0 Å². The van der Waals surface area contributed by atoms with Gasteiger partial charge in [0, 0.05) is 6.92 Å². The summed E-state index contributed by atoms with van der Waals surface area (Å²) in [6.45, 7) is 2.49. The second kappa shape index (κ2) is 5.02. The molecule has 2 atom stereocenters. The maximum Gasteiger partial charge on any atom is 0.392 e. The monoisotopic (exact) mass is 288 g/mol. The van der Waals surface area contributed by atoms with Gasteiger partial charge >= 0.3 is 13.6 Å². The molecule has 0 fully saturated rings. The lowest BCUT2D eigenvalue weighted by molar-refractivity contribution is -0.145. The van der Waals surface area contributed by atoms with E-state index in [1.54, 1.807) is 0 Å². The number of alkyl halides is 1. The molecule has 0 radical (unpaired) electrons. The van der Waals surface area contributed by atoms with Crippen molar-refractivity contribution < 1.29 is 28.7 Å². The van der Waals surface area contributed by atoms with Crippen molar-refractivity contribution >= 4 is 35.0 Å². The van der Waals surface area contributed by atoms with Crippen LogP contribution < -0.4 is 0 Å². The second-order valence-electron chi connectivity index (χ2n) is 2.60. The van der Waals surface area contributed by atoms with Crippen LogP contribution in [-0.4, -0.2) is 32.2 Å². The van der Waals surface area contributed by atoms with E-state index in [0.29, 0.717) is 0 Å². The molecule has 0 heterocycles. The van der Waals surface area contributed by atoms with E-state index in [4.69, 9.17) is 9.79 Å². The van der Waals surface area contributed by atoms with Crippen LogP contribution in [0.5, 0.6) is 0 Å². The summed E-state index contributed by atoms with van der Waals surface area (Å²) in [6, 6.07) is 0. The Bertz CT molecular complexity index is 284. The SMILES string of the molecule is CC(=O)O[C@H](C)[C@H](Br)C(=O)P(=O)(O)O. The summed E-state index contributed by atoms with van der Waals surface area (Å²) >= 11 is 2.75. The summed E-state index contributed by atoms with van der Waals surface area (Å²) in [5.74, 6) is -0.625. The summed E-state index contributed by atoms with van der Waals surface area (Å²) in [6.07, 6.45) is -0.923. The molecule has 0 spiro atoms. The molecule has 0 aliphatic heterocycles. The summed E-state index contributed by atoms with van der Waals surface area (Å²) in [4.78, 5) is 37.3. The van der Waals surface area contributed by atoms with Crippen LogP contribution >= 0.6 is 23.5 Å². The Morgan fingerprint density at radius 1 is 1.43 bits per heavy atom. The predicted molar refractivity (Wildman–Crippen MR) is 51.0 cm³/mol. The first-order valence-corrected chi connectivity index (χ1v) is 6.10. The number of hydrogen-bond donors (Lipinski definition) is 2. The maximum atomic E-state index is 11.0. The average molecular weight is 289 g/mol. The molecule has 0 unspecified atom stereocenters. The third-order valence-corrected chi connectivity index (χ3v) is 3.65. The highest BCUT2D eigenvalue weighted by Crippen LogP contribution is 2.39. The molecule has 0 saturated carbocycles. The van der Waals surface area contributed by atoms with Gasteiger partial charge in [0.2, 0.25) is 0 Å². The van der Waals surface area contributed by atoms with Crippen LogP contribution in [0.1, 0.15) is 13.8 Å². The van der Waals surface area contributed by atoms with E-state index in [2.05, 4.69) is 20.7 Å². The van der Waals surface area contributed by atoms with Crippen molar-refractivity contribution in [2.24, 2.45) is 0 Å². The van der Waals surface area contributed by atoms with Gasteiger partial charge in [-0.15, -0.1) is 0 Å². The number of hydrogen-bond acceptors (Lipinski definition) is 4. The number of carbonyl (C=O) groups is 2. The molecule has 0 aliphatic carbocycles. The van der Waals surface area contributed by atoms with Crippen LogP contribution in [0.25, 0.3) is 0 Å². The highest BCUT2D eigenvalue weighted by Gasteiger charge is 2.36. The van der Waals surface area contributed by atoms with Crippen LogP contribution in [0.15, 0.2) is 0 Å². The molecular formula is C6H10BrO6P. The number of halogens is 1. The first-order chi connectivity index (χ1) is 6.16. The third-order valence-electron chi connectivity index (χ3n) is 1.29. The van der Waals surface area contributed by atoms with Gasteiger partial charge in [0.1, 0.15) is 10.9 Å². The second-order valence-corrected chi connectivity index (χ2v) is 5.11. The lowest BCUT2D eigenvalue weighted by atomic mass is 10.3. The lowest BCUT2D eigenvalue weighted by Crippen LogP contribution is -2.30. The molecular weight excluding hydrogens is 279 g/mol. The van der Waals surface area contributed by atoms with Gasteiger partial charge in [-0.05, 0) is 6.92 Å². The molecule has 0 aromatic carbocycles. The summed E-state index contributed by atoms with van der Waals surface area (Å²) in [7, 11) is -4.79. The standard InChI is InChI=1S/C6H10BrO6P/c1-3(13-4(2)8)5(7)6(9)14(10,11)12/h3,5H,1-2H3,(H2,10,11,12)/t3-,5+/m1/s1. The van der Waals surface area contributed by atoms with E-state index >= 15 is 0 Å². The number of rotatable bonds is 4. The van der Waals surface area contributed by atoms with Crippen LogP contribution in [0.2, 0.25) is 0 Å². The Morgan fingerprint density at radius 2 is 1.86 bits per heavy atom. The normalized spacial score (nSPS) is 15.8. The minimum Gasteiger partial charge on any atom is -0.461 e. The topological polar surface area (TPSA) is 101 Å². The van der Waals surface area contributed by atoms with Gasteiger partial charge < -0.3 is 14.5 Å². The fourth-order valence-electron chi connectivity index (χ4n) is 0.683. The van der Waals surface area contributed by atoms with Crippen molar-refractivity contribution in [2.75, 3.05) is 0 Å². The largest absolute Gasteiger partial charge is 0.461 e. The molecule has 8 heteroatoms. The Kier molecular flexibility index (Phi) is 4.94. The zero-order valence-electron chi connectivity index (χ0n) is 7.51. The molecule has 14 heavy (non-hydrogen) atoms. The van der Waals surface area contributed by atoms with Gasteiger partial charge in [0.05, 0.1) is 0 Å². The van der Waals surface area contributed by atoms with E-state index in [1.165, 1.54) is 6.92 Å². The number of ether oxygens (including phenoxy) is 1. The lowest BCUT2D eigenvalue weighted by Gasteiger charge is -2.17. The van der Waals surface area contributed by atoms with Gasteiger partial charge in [-0.1, -0.05) is 15.9 Å². The van der Waals surface area contributed by atoms with Crippen molar-refractivity contribution in [3.8, 4) is 0 Å². The van der Waals surface area contributed by atoms with Gasteiger partial charge in [-0.3, -0.25) is 14.2 Å². The van der Waals surface area contributed by atoms with E-state index in [9.17, 15) is 14.2 Å². The summed E-state index contributed by atoms with van der Waals surface area (Å²) < 4.78 is 15.1. The van der Waals surface area contributed by atoms with Gasteiger partial charge in [0.15, 0.2) is 0 Å². The zero-order chi connectivity index (χ0) is 11.5. The van der Waals surface area contributed by atoms with Crippen molar-refractivity contribution in [3.63, 3.8) is 0 Å². The van der Waals surface area contributed by atoms with Crippen molar-refractivity contribution in [1.29, 1.82) is 0 Å². The minimum atomic E-state index is -4.79. The Hall–Kier alpha value is -0.230. The molecule has 0 aromatic rings. The zero-order valence-corrected chi connectivity index (χ0v) is 9.99. The molecule has 0 rings (SSSR count). The molecule has 0 amide bonds. The van der Waals surface area contributed by atoms with Gasteiger partial charge in [-0.2, -0.15) is 0 Å². The number of carbonyl (C=O) groups excluding carboxylic acids is 2. The van der Waals surface area contributed by atoms with Crippen LogP contribution in [0.4, 0.5) is 0 Å². The molecule has 6 nitrogen and oxygen atoms in total. The van der Waals surface area contributed by atoms with Crippen molar-refractivity contribution in [1.82, 2.24) is 0 Å². The molecule has 0 aliphatic rings. The Morgan fingerprint density at radius 3 is 2.14 bits per heavy atom. The van der Waals surface area contributed by atoms with Crippen LogP contribution in [0, 0.1) is 0 Å². The van der Waals surface area contributed by atoms with E-state index in [1.807, 2.05) is 0 Å². The molecule has 2 N–H and O–H groups in total. The predicted octanol–water partition coefficient (Wildman–Crippen LogP) is 0.406. The van der Waals surface area contributed by atoms with Crippen molar-refractivity contribution in [2.45, 2.75) is 24.8 Å². The molecule has 0 bridgehead atoms. The van der Waals surface area contributed by atoms with Crippen LogP contribution in [0.3, 0.4) is 0 Å². The first-order valence-electron chi connectivity index (χ1n) is 3.57. The highest BCUT2D eigenvalue weighted by atomic mass is 79.9. The van der Waals surface area contributed by atoms with E-state index in [0.717, 1.165) is 6.92 Å². The molecule has 82 valence electrons. The molecule has 0 aromatic heterocycles. The van der Waals surface area contributed by atoms with E-state index in [-0.39, 0.29) is 0 Å². The van der Waals surface area contributed by atoms with Crippen LogP contribution in [-0.2, 0) is 18.9 Å². The molecule has 0 saturated heterocycles. The quantitative estimate of drug-likeness (QED) is 0.441. The minimum absolute atomic E-state index is 0.625. The highest BCUT2D eigenvalue weighted by molar-refractivity contribution is 9.10.